The van der Waals surface area contributed by atoms with Gasteiger partial charge in [0.05, 0.1) is 24.2 Å². The fourth-order valence-corrected chi connectivity index (χ4v) is 5.18. The number of hydrogen-bond acceptors (Lipinski definition) is 7. The number of aliphatic imine (C=N–C) groups is 2. The van der Waals surface area contributed by atoms with Gasteiger partial charge in [-0.15, -0.1) is 0 Å². The van der Waals surface area contributed by atoms with Crippen LogP contribution >= 0.6 is 11.8 Å². The third-order valence-electron chi connectivity index (χ3n) is 6.04. The van der Waals surface area contributed by atoms with E-state index in [2.05, 4.69) is 14.9 Å². The first-order valence-corrected chi connectivity index (χ1v) is 11.9. The molecule has 0 N–H and O–H groups in total. The Balaban J connectivity index is 1.24. The highest BCUT2D eigenvalue weighted by atomic mass is 32.2. The summed E-state index contributed by atoms with van der Waals surface area (Å²) in [7, 11) is 1.67. The molecule has 3 heterocycles. The van der Waals surface area contributed by atoms with Gasteiger partial charge >= 0.3 is 0 Å². The Labute approximate surface area is 196 Å². The van der Waals surface area contributed by atoms with E-state index in [1.165, 1.54) is 11.8 Å². The van der Waals surface area contributed by atoms with E-state index in [1.54, 1.807) is 18.9 Å². The molecule has 3 aliphatic rings. The number of carbonyl (C=O) groups excluding carboxylic acids is 2. The van der Waals surface area contributed by atoms with E-state index < -0.39 is 6.04 Å². The molecule has 0 saturated carbocycles. The summed E-state index contributed by atoms with van der Waals surface area (Å²) in [5.74, 6) is 1.62. The molecule has 0 bridgehead atoms. The number of thioether (sulfide) groups is 1. The second kappa shape index (κ2) is 8.90. The van der Waals surface area contributed by atoms with Gasteiger partial charge in [-0.2, -0.15) is 0 Å². The zero-order valence-electron chi connectivity index (χ0n) is 18.6. The molecule has 0 radical (unpaired) electrons. The summed E-state index contributed by atoms with van der Waals surface area (Å²) < 4.78 is 5.47. The van der Waals surface area contributed by atoms with Crippen LogP contribution in [-0.4, -0.2) is 77.7 Å². The fraction of sp³-hybridized carbons (Fsp3) is 0.333. The van der Waals surface area contributed by atoms with Gasteiger partial charge in [-0.25, -0.2) is 9.89 Å². The number of piperazine rings is 1. The number of amidine groups is 2. The average molecular weight is 464 g/mol. The second-order valence-corrected chi connectivity index (χ2v) is 8.98. The van der Waals surface area contributed by atoms with Gasteiger partial charge in [-0.1, -0.05) is 36.0 Å². The summed E-state index contributed by atoms with van der Waals surface area (Å²) in [6, 6.07) is 15.1. The third-order valence-corrected chi connectivity index (χ3v) is 6.96. The lowest BCUT2D eigenvalue weighted by Gasteiger charge is -2.36. The van der Waals surface area contributed by atoms with E-state index in [1.807, 2.05) is 53.4 Å². The highest BCUT2D eigenvalue weighted by Gasteiger charge is 2.39. The number of carbonyl (C=O) groups is 2. The van der Waals surface area contributed by atoms with Gasteiger partial charge in [0, 0.05) is 31.7 Å². The minimum absolute atomic E-state index is 0.0411. The molecule has 170 valence electrons. The van der Waals surface area contributed by atoms with Crippen molar-refractivity contribution < 1.29 is 14.3 Å². The molecule has 2 aromatic carbocycles. The third kappa shape index (κ3) is 3.97. The number of methoxy groups -OCH3 is 1. The van der Waals surface area contributed by atoms with Gasteiger partial charge in [-0.05, 0) is 31.2 Å². The van der Waals surface area contributed by atoms with Gasteiger partial charge in [0.2, 0.25) is 5.91 Å². The predicted molar refractivity (Wildman–Crippen MR) is 131 cm³/mol. The van der Waals surface area contributed by atoms with Gasteiger partial charge in [0.1, 0.15) is 17.6 Å². The smallest absolute Gasteiger partial charge is 0.258 e. The van der Waals surface area contributed by atoms with Crippen LogP contribution in [0.5, 0.6) is 5.75 Å². The van der Waals surface area contributed by atoms with Crippen LogP contribution in [0.2, 0.25) is 0 Å². The molecule has 1 atom stereocenters. The lowest BCUT2D eigenvalue weighted by molar-refractivity contribution is -0.128. The van der Waals surface area contributed by atoms with E-state index in [9.17, 15) is 9.59 Å². The molecule has 1 fully saturated rings. The monoisotopic (exact) mass is 463 g/mol. The molecular formula is C24H25N5O3S. The second-order valence-electron chi connectivity index (χ2n) is 8.04. The number of anilines is 1. The van der Waals surface area contributed by atoms with Crippen LogP contribution in [0.3, 0.4) is 0 Å². The standard InChI is InChI=1S/C24H25N5O3S/c1-16-23(31)29-22(25-16)17-7-3-4-8-18(17)26-24(29)33-15-21(30)28-13-11-27(12-14-28)19-9-5-6-10-20(19)32-2/h3-10,16H,11-15H2,1-2H3/t16-/m1/s1. The molecule has 0 unspecified atom stereocenters. The normalized spacial score (nSPS) is 19.6. The highest BCUT2D eigenvalue weighted by Crippen LogP contribution is 2.33. The number of rotatable bonds is 4. The van der Waals surface area contributed by atoms with Gasteiger partial charge < -0.3 is 14.5 Å². The van der Waals surface area contributed by atoms with Crippen LogP contribution in [0.4, 0.5) is 11.4 Å². The summed E-state index contributed by atoms with van der Waals surface area (Å²) in [6.07, 6.45) is 0. The molecule has 3 aliphatic heterocycles. The van der Waals surface area contributed by atoms with Crippen LogP contribution in [0, 0.1) is 0 Å². The van der Waals surface area contributed by atoms with Crippen LogP contribution < -0.4 is 9.64 Å². The number of ether oxygens (including phenoxy) is 1. The Kier molecular flexibility index (Phi) is 5.80. The Morgan fingerprint density at radius 2 is 1.82 bits per heavy atom. The zero-order chi connectivity index (χ0) is 22.9. The highest BCUT2D eigenvalue weighted by molar-refractivity contribution is 8.14. The van der Waals surface area contributed by atoms with Crippen molar-refractivity contribution in [2.75, 3.05) is 43.9 Å². The Bertz CT molecular complexity index is 1160. The van der Waals surface area contributed by atoms with Crippen molar-refractivity contribution >= 4 is 46.0 Å². The van der Waals surface area contributed by atoms with E-state index >= 15 is 0 Å². The minimum Gasteiger partial charge on any atom is -0.495 e. The number of fused-ring (bicyclic) bond motifs is 3. The minimum atomic E-state index is -0.448. The quantitative estimate of drug-likeness (QED) is 0.697. The summed E-state index contributed by atoms with van der Waals surface area (Å²) in [5.41, 5.74) is 2.67. The van der Waals surface area contributed by atoms with E-state index in [0.29, 0.717) is 24.1 Å². The molecule has 1 saturated heterocycles. The number of benzene rings is 2. The van der Waals surface area contributed by atoms with Crippen molar-refractivity contribution in [3.63, 3.8) is 0 Å². The molecule has 5 rings (SSSR count). The molecule has 2 aromatic rings. The SMILES string of the molecule is COc1ccccc1N1CCN(C(=O)CSC2=Nc3ccccc3C3=N[C@H](C)C(=O)N23)CC1. The van der Waals surface area contributed by atoms with Crippen LogP contribution in [0.1, 0.15) is 12.5 Å². The first-order valence-electron chi connectivity index (χ1n) is 10.9. The maximum Gasteiger partial charge on any atom is 0.258 e. The molecular weight excluding hydrogens is 438 g/mol. The average Bonchev–Trinajstić information content (AvgIpc) is 3.17. The summed E-state index contributed by atoms with van der Waals surface area (Å²) in [4.78, 5) is 40.6. The number of nitrogens with zero attached hydrogens (tertiary/aromatic N) is 5. The van der Waals surface area contributed by atoms with Crippen molar-refractivity contribution in [2.45, 2.75) is 13.0 Å². The molecule has 33 heavy (non-hydrogen) atoms. The molecule has 2 amide bonds. The van der Waals surface area contributed by atoms with Crippen LogP contribution in [0.15, 0.2) is 58.5 Å². The lowest BCUT2D eigenvalue weighted by atomic mass is 10.1. The summed E-state index contributed by atoms with van der Waals surface area (Å²) in [5, 5.41) is 0.516. The van der Waals surface area contributed by atoms with Crippen LogP contribution in [-0.2, 0) is 9.59 Å². The molecule has 8 nitrogen and oxygen atoms in total. The maximum absolute atomic E-state index is 13.0. The summed E-state index contributed by atoms with van der Waals surface area (Å²) in [6.45, 7) is 4.54. The number of hydrogen-bond donors (Lipinski definition) is 0. The van der Waals surface area contributed by atoms with Crippen molar-refractivity contribution in [1.82, 2.24) is 9.80 Å². The lowest BCUT2D eigenvalue weighted by Crippen LogP contribution is -2.49. The van der Waals surface area contributed by atoms with Gasteiger partial charge in [0.25, 0.3) is 5.91 Å². The first-order chi connectivity index (χ1) is 16.1. The predicted octanol–water partition coefficient (Wildman–Crippen LogP) is 2.76. The Hall–Kier alpha value is -3.33. The van der Waals surface area contributed by atoms with Crippen molar-refractivity contribution in [3.05, 3.63) is 54.1 Å². The van der Waals surface area contributed by atoms with Gasteiger partial charge in [-0.3, -0.25) is 14.6 Å². The first kappa shape index (κ1) is 21.5. The zero-order valence-corrected chi connectivity index (χ0v) is 19.4. The van der Waals surface area contributed by atoms with Crippen molar-refractivity contribution in [1.29, 1.82) is 0 Å². The molecule has 0 spiro atoms. The van der Waals surface area contributed by atoms with E-state index in [0.717, 1.165) is 35.8 Å². The summed E-state index contributed by atoms with van der Waals surface area (Å²) >= 11 is 1.30. The fourth-order valence-electron chi connectivity index (χ4n) is 4.28. The topological polar surface area (TPSA) is 77.8 Å². The largest absolute Gasteiger partial charge is 0.495 e. The Morgan fingerprint density at radius 3 is 2.61 bits per heavy atom. The maximum atomic E-state index is 13.0. The Morgan fingerprint density at radius 1 is 1.09 bits per heavy atom. The van der Waals surface area contributed by atoms with Crippen molar-refractivity contribution in [2.24, 2.45) is 9.98 Å². The van der Waals surface area contributed by atoms with Crippen LogP contribution in [0.25, 0.3) is 0 Å². The number of para-hydroxylation sites is 3. The van der Waals surface area contributed by atoms with E-state index in [4.69, 9.17) is 4.74 Å². The van der Waals surface area contributed by atoms with Gasteiger partial charge in [0.15, 0.2) is 5.17 Å². The molecule has 0 aliphatic carbocycles. The van der Waals surface area contributed by atoms with Crippen molar-refractivity contribution in [3.8, 4) is 5.75 Å². The van der Waals surface area contributed by atoms with E-state index in [-0.39, 0.29) is 17.6 Å². The molecule has 0 aromatic heterocycles. The number of amides is 2. The molecule has 9 heteroatoms.